The van der Waals surface area contributed by atoms with Crippen LogP contribution in [0.25, 0.3) is 0 Å². The normalized spacial score (nSPS) is 21.4. The molecule has 0 radical (unpaired) electrons. The number of hydrogen-bond acceptors (Lipinski definition) is 6. The van der Waals surface area contributed by atoms with E-state index in [1.54, 1.807) is 23.5 Å². The highest BCUT2D eigenvalue weighted by Gasteiger charge is 2.16. The average molecular weight is 236 g/mol. The quantitative estimate of drug-likeness (QED) is 0.452. The number of thioether (sulfide) groups is 2. The Morgan fingerprint density at radius 1 is 0.786 bits per heavy atom. The van der Waals surface area contributed by atoms with Gasteiger partial charge < -0.3 is 9.47 Å². The lowest BCUT2D eigenvalue weighted by Gasteiger charge is -2.07. The van der Waals surface area contributed by atoms with Crippen molar-refractivity contribution in [3.05, 3.63) is 0 Å². The molecule has 80 valence electrons. The van der Waals surface area contributed by atoms with Crippen molar-refractivity contribution in [2.45, 2.75) is 0 Å². The van der Waals surface area contributed by atoms with Crippen LogP contribution in [0.5, 0.6) is 0 Å². The van der Waals surface area contributed by atoms with Gasteiger partial charge in [0.05, 0.1) is 0 Å². The van der Waals surface area contributed by atoms with E-state index in [-0.39, 0.29) is 13.2 Å². The number of rotatable bonds is 0. The highest BCUT2D eigenvalue weighted by molar-refractivity contribution is 8.02. The number of carbonyl (C=O) groups excluding carboxylic acids is 2. The zero-order valence-electron chi connectivity index (χ0n) is 7.69. The van der Waals surface area contributed by atoms with Crippen LogP contribution in [-0.2, 0) is 19.1 Å². The van der Waals surface area contributed by atoms with E-state index in [4.69, 9.17) is 0 Å². The van der Waals surface area contributed by atoms with Gasteiger partial charge in [0.1, 0.15) is 13.2 Å². The summed E-state index contributed by atoms with van der Waals surface area (Å²) < 4.78 is 9.37. The third kappa shape index (κ3) is 4.76. The molecular weight excluding hydrogens is 224 g/mol. The Labute approximate surface area is 91.1 Å². The van der Waals surface area contributed by atoms with Crippen LogP contribution in [-0.4, -0.2) is 48.2 Å². The van der Waals surface area contributed by atoms with Crippen LogP contribution in [0.3, 0.4) is 0 Å². The Morgan fingerprint density at radius 2 is 1.21 bits per heavy atom. The van der Waals surface area contributed by atoms with Crippen molar-refractivity contribution in [2.75, 3.05) is 36.2 Å². The monoisotopic (exact) mass is 236 g/mol. The Morgan fingerprint density at radius 3 is 1.64 bits per heavy atom. The Hall–Kier alpha value is -0.360. The van der Waals surface area contributed by atoms with Crippen LogP contribution >= 0.6 is 23.5 Å². The van der Waals surface area contributed by atoms with Crippen molar-refractivity contribution in [1.29, 1.82) is 0 Å². The van der Waals surface area contributed by atoms with Crippen molar-refractivity contribution >= 4 is 35.5 Å². The summed E-state index contributed by atoms with van der Waals surface area (Å²) in [5.41, 5.74) is 0. The summed E-state index contributed by atoms with van der Waals surface area (Å²) in [4.78, 5) is 21.8. The van der Waals surface area contributed by atoms with Crippen LogP contribution in [0.2, 0.25) is 0 Å². The number of carbonyl (C=O) groups is 2. The molecule has 14 heavy (non-hydrogen) atoms. The summed E-state index contributed by atoms with van der Waals surface area (Å²) in [5.74, 6) is 1.79. The lowest BCUT2D eigenvalue weighted by molar-refractivity contribution is -0.166. The lowest BCUT2D eigenvalue weighted by Crippen LogP contribution is -2.22. The van der Waals surface area contributed by atoms with E-state index >= 15 is 0 Å². The van der Waals surface area contributed by atoms with E-state index in [1.807, 2.05) is 0 Å². The molecule has 1 aliphatic rings. The minimum Gasteiger partial charge on any atom is -0.456 e. The summed E-state index contributed by atoms with van der Waals surface area (Å²) in [7, 11) is 0. The fraction of sp³-hybridized carbons (Fsp3) is 0.750. The lowest BCUT2D eigenvalue weighted by atomic mass is 10.6. The van der Waals surface area contributed by atoms with Crippen molar-refractivity contribution in [3.8, 4) is 0 Å². The van der Waals surface area contributed by atoms with Gasteiger partial charge in [-0.05, 0) is 0 Å². The molecule has 0 amide bonds. The molecule has 1 rings (SSSR count). The molecule has 0 aliphatic carbocycles. The largest absolute Gasteiger partial charge is 0.456 e. The van der Waals surface area contributed by atoms with E-state index < -0.39 is 11.9 Å². The minimum absolute atomic E-state index is 0.281. The fourth-order valence-electron chi connectivity index (χ4n) is 0.826. The van der Waals surface area contributed by atoms with Crippen LogP contribution in [0.4, 0.5) is 0 Å². The van der Waals surface area contributed by atoms with Crippen molar-refractivity contribution in [1.82, 2.24) is 0 Å². The van der Waals surface area contributed by atoms with Gasteiger partial charge in [0.15, 0.2) is 0 Å². The molecule has 0 spiro atoms. The van der Waals surface area contributed by atoms with Gasteiger partial charge in [0, 0.05) is 23.0 Å². The molecule has 0 N–H and O–H groups in total. The predicted molar refractivity (Wildman–Crippen MR) is 56.6 cm³/mol. The summed E-state index contributed by atoms with van der Waals surface area (Å²) in [6.07, 6.45) is 0. The van der Waals surface area contributed by atoms with Gasteiger partial charge >= 0.3 is 11.9 Å². The maximum absolute atomic E-state index is 10.9. The molecule has 4 nitrogen and oxygen atoms in total. The first-order valence-electron chi connectivity index (χ1n) is 4.30. The highest BCUT2D eigenvalue weighted by atomic mass is 32.2. The molecular formula is C8H12O4S2. The maximum atomic E-state index is 10.9. The van der Waals surface area contributed by atoms with E-state index in [9.17, 15) is 9.59 Å². The fourth-order valence-corrected chi connectivity index (χ4v) is 2.58. The van der Waals surface area contributed by atoms with Gasteiger partial charge in [-0.1, -0.05) is 0 Å². The smallest absolute Gasteiger partial charge is 0.417 e. The van der Waals surface area contributed by atoms with Gasteiger partial charge in [0.2, 0.25) is 0 Å². The third-order valence-corrected chi connectivity index (χ3v) is 3.62. The molecule has 0 aromatic heterocycles. The number of ether oxygens (including phenoxy) is 2. The molecule has 0 aromatic carbocycles. The molecule has 1 aliphatic heterocycles. The van der Waals surface area contributed by atoms with Crippen LogP contribution < -0.4 is 0 Å². The van der Waals surface area contributed by atoms with Gasteiger partial charge in [-0.25, -0.2) is 9.59 Å². The number of cyclic esters (lactones) is 2. The van der Waals surface area contributed by atoms with Crippen LogP contribution in [0.15, 0.2) is 0 Å². The molecule has 1 saturated heterocycles. The zero-order valence-corrected chi connectivity index (χ0v) is 9.33. The SMILES string of the molecule is O=C1OCCSCCSCCOC1=O. The molecule has 0 unspecified atom stereocenters. The number of esters is 2. The third-order valence-electron chi connectivity index (χ3n) is 1.46. The summed E-state index contributed by atoms with van der Waals surface area (Å²) in [6, 6.07) is 0. The first kappa shape index (κ1) is 11.7. The molecule has 1 fully saturated rings. The molecule has 0 saturated carbocycles. The zero-order chi connectivity index (χ0) is 10.2. The van der Waals surface area contributed by atoms with E-state index in [0.717, 1.165) is 23.0 Å². The second-order valence-corrected chi connectivity index (χ2v) is 4.95. The summed E-state index contributed by atoms with van der Waals surface area (Å²) >= 11 is 3.44. The molecule has 0 atom stereocenters. The Kier molecular flexibility index (Phi) is 5.86. The molecule has 1 heterocycles. The van der Waals surface area contributed by atoms with Gasteiger partial charge in [-0.3, -0.25) is 0 Å². The van der Waals surface area contributed by atoms with Crippen LogP contribution in [0.1, 0.15) is 0 Å². The molecule has 0 aromatic rings. The van der Waals surface area contributed by atoms with E-state index in [1.165, 1.54) is 0 Å². The first-order chi connectivity index (χ1) is 6.80. The van der Waals surface area contributed by atoms with Gasteiger partial charge in [-0.15, -0.1) is 0 Å². The minimum atomic E-state index is -0.879. The van der Waals surface area contributed by atoms with Crippen molar-refractivity contribution in [3.63, 3.8) is 0 Å². The summed E-state index contributed by atoms with van der Waals surface area (Å²) in [6.45, 7) is 0.562. The van der Waals surface area contributed by atoms with E-state index in [2.05, 4.69) is 9.47 Å². The van der Waals surface area contributed by atoms with Gasteiger partial charge in [0.25, 0.3) is 0 Å². The van der Waals surface area contributed by atoms with Gasteiger partial charge in [-0.2, -0.15) is 23.5 Å². The predicted octanol–water partition coefficient (Wildman–Crippen LogP) is 0.553. The Bertz CT molecular complexity index is 186. The maximum Gasteiger partial charge on any atom is 0.417 e. The average Bonchev–Trinajstić information content (AvgIpc) is 2.18. The second-order valence-electron chi connectivity index (χ2n) is 2.50. The highest BCUT2D eigenvalue weighted by Crippen LogP contribution is 2.07. The van der Waals surface area contributed by atoms with E-state index in [0.29, 0.717) is 0 Å². The Balaban J connectivity index is 2.31. The molecule has 0 bridgehead atoms. The second kappa shape index (κ2) is 7.00. The summed E-state index contributed by atoms with van der Waals surface area (Å²) in [5, 5.41) is 0. The van der Waals surface area contributed by atoms with Crippen molar-refractivity contribution in [2.24, 2.45) is 0 Å². The standard InChI is InChI=1S/C8H12O4S2/c9-7-8(10)12-2-4-14-6-5-13-3-1-11-7/h1-6H2. The molecule has 6 heteroatoms. The van der Waals surface area contributed by atoms with Crippen molar-refractivity contribution < 1.29 is 19.1 Å². The van der Waals surface area contributed by atoms with Crippen LogP contribution in [0, 0.1) is 0 Å². The topological polar surface area (TPSA) is 52.6 Å². The first-order valence-corrected chi connectivity index (χ1v) is 6.61. The number of hydrogen-bond donors (Lipinski definition) is 0.